The summed E-state index contributed by atoms with van der Waals surface area (Å²) in [6.45, 7) is 0.318. The number of ether oxygens (including phenoxy) is 2. The van der Waals surface area contributed by atoms with Gasteiger partial charge in [-0.1, -0.05) is 30.3 Å². The fourth-order valence-electron chi connectivity index (χ4n) is 1.87. The average molecular weight is 259 g/mol. The van der Waals surface area contributed by atoms with Gasteiger partial charge in [0.25, 0.3) is 5.91 Å². The molecule has 0 saturated heterocycles. The molecule has 0 heterocycles. The Balaban J connectivity index is 2.09. The molecule has 1 amide bonds. The monoisotopic (exact) mass is 259 g/mol. The molecular weight excluding hydrogens is 242 g/mol. The molecule has 0 aliphatic carbocycles. The Bertz CT molecular complexity index is 564. The van der Waals surface area contributed by atoms with Crippen LogP contribution in [0, 0.1) is 0 Å². The van der Waals surface area contributed by atoms with E-state index in [4.69, 9.17) is 9.47 Å². The number of rotatable bonds is 5. The molecule has 0 atom stereocenters. The van der Waals surface area contributed by atoms with Gasteiger partial charge in [0.15, 0.2) is 6.29 Å². The largest absolute Gasteiger partial charge is 0.354 e. The molecule has 0 radical (unpaired) electrons. The third-order valence-electron chi connectivity index (χ3n) is 2.97. The summed E-state index contributed by atoms with van der Waals surface area (Å²) in [4.78, 5) is 12.0. The van der Waals surface area contributed by atoms with Crippen LogP contribution < -0.4 is 5.32 Å². The van der Waals surface area contributed by atoms with Crippen LogP contribution >= 0.6 is 0 Å². The summed E-state index contributed by atoms with van der Waals surface area (Å²) in [6.07, 6.45) is -0.426. The summed E-state index contributed by atoms with van der Waals surface area (Å²) >= 11 is 0. The summed E-state index contributed by atoms with van der Waals surface area (Å²) in [5.74, 6) is -0.134. The molecule has 2 rings (SSSR count). The van der Waals surface area contributed by atoms with Crippen molar-refractivity contribution in [2.75, 3.05) is 20.8 Å². The molecule has 100 valence electrons. The fraction of sp³-hybridized carbons (Fsp3) is 0.267. The van der Waals surface area contributed by atoms with E-state index >= 15 is 0 Å². The molecule has 4 nitrogen and oxygen atoms in total. The average Bonchev–Trinajstić information content (AvgIpc) is 2.47. The Kier molecular flexibility index (Phi) is 4.49. The smallest absolute Gasteiger partial charge is 0.251 e. The first-order valence-corrected chi connectivity index (χ1v) is 6.07. The molecule has 0 aromatic heterocycles. The van der Waals surface area contributed by atoms with E-state index in [-0.39, 0.29) is 5.91 Å². The Labute approximate surface area is 112 Å². The van der Waals surface area contributed by atoms with Gasteiger partial charge in [-0.25, -0.2) is 0 Å². The minimum atomic E-state index is -0.426. The van der Waals surface area contributed by atoms with Crippen LogP contribution in [0.4, 0.5) is 0 Å². The summed E-state index contributed by atoms with van der Waals surface area (Å²) < 4.78 is 10.0. The summed E-state index contributed by atoms with van der Waals surface area (Å²) in [5.41, 5.74) is 0.629. The van der Waals surface area contributed by atoms with Crippen molar-refractivity contribution in [3.05, 3.63) is 48.0 Å². The number of carbonyl (C=O) groups excluding carboxylic acids is 1. The van der Waals surface area contributed by atoms with E-state index in [1.807, 2.05) is 42.5 Å². The molecule has 4 heteroatoms. The molecule has 0 fully saturated rings. The van der Waals surface area contributed by atoms with Crippen molar-refractivity contribution in [1.82, 2.24) is 5.32 Å². The molecule has 1 N–H and O–H groups in total. The number of methoxy groups -OCH3 is 2. The van der Waals surface area contributed by atoms with E-state index in [1.165, 1.54) is 14.2 Å². The highest BCUT2D eigenvalue weighted by Crippen LogP contribution is 2.15. The number of benzene rings is 2. The first kappa shape index (κ1) is 13.5. The number of carbonyl (C=O) groups is 1. The van der Waals surface area contributed by atoms with Crippen LogP contribution in [0.25, 0.3) is 10.8 Å². The minimum absolute atomic E-state index is 0.134. The van der Waals surface area contributed by atoms with Crippen LogP contribution in [0.2, 0.25) is 0 Å². The maximum atomic E-state index is 12.0. The van der Waals surface area contributed by atoms with Gasteiger partial charge in [-0.15, -0.1) is 0 Å². The molecule has 0 unspecified atom stereocenters. The van der Waals surface area contributed by atoms with Gasteiger partial charge >= 0.3 is 0 Å². The zero-order valence-electron chi connectivity index (χ0n) is 11.1. The van der Waals surface area contributed by atoms with Crippen LogP contribution in [0.1, 0.15) is 10.4 Å². The van der Waals surface area contributed by atoms with Crippen molar-refractivity contribution in [1.29, 1.82) is 0 Å². The van der Waals surface area contributed by atoms with Gasteiger partial charge in [-0.3, -0.25) is 4.79 Å². The standard InChI is InChI=1S/C15H17NO3/c1-18-14(19-2)10-16-15(17)13-8-7-11-5-3-4-6-12(11)9-13/h3-9,14H,10H2,1-2H3,(H,16,17). The number of hydrogen-bond acceptors (Lipinski definition) is 3. The quantitative estimate of drug-likeness (QED) is 0.837. The van der Waals surface area contributed by atoms with Gasteiger partial charge in [0, 0.05) is 19.8 Å². The normalized spacial score (nSPS) is 10.9. The molecule has 0 aliphatic heterocycles. The van der Waals surface area contributed by atoms with E-state index in [0.717, 1.165) is 10.8 Å². The summed E-state index contributed by atoms with van der Waals surface area (Å²) in [7, 11) is 3.08. The van der Waals surface area contributed by atoms with Gasteiger partial charge in [-0.2, -0.15) is 0 Å². The van der Waals surface area contributed by atoms with Gasteiger partial charge in [-0.05, 0) is 22.9 Å². The van der Waals surface area contributed by atoms with Crippen LogP contribution in [-0.4, -0.2) is 33.0 Å². The molecule has 0 aliphatic rings. The maximum Gasteiger partial charge on any atom is 0.251 e. The predicted octanol–water partition coefficient (Wildman–Crippen LogP) is 2.19. The zero-order valence-corrected chi connectivity index (χ0v) is 11.1. The summed E-state index contributed by atoms with van der Waals surface area (Å²) in [5, 5.41) is 4.94. The molecule has 0 spiro atoms. The lowest BCUT2D eigenvalue weighted by molar-refractivity contribution is -0.0974. The van der Waals surface area contributed by atoms with Crippen LogP contribution in [0.15, 0.2) is 42.5 Å². The minimum Gasteiger partial charge on any atom is -0.354 e. The van der Waals surface area contributed by atoms with Crippen LogP contribution in [0.3, 0.4) is 0 Å². The van der Waals surface area contributed by atoms with E-state index in [9.17, 15) is 4.79 Å². The summed E-state index contributed by atoms with van der Waals surface area (Å²) in [6, 6.07) is 13.6. The molecule has 0 saturated carbocycles. The van der Waals surface area contributed by atoms with Crippen molar-refractivity contribution >= 4 is 16.7 Å². The third-order valence-corrected chi connectivity index (χ3v) is 2.97. The Morgan fingerprint density at radius 2 is 1.79 bits per heavy atom. The van der Waals surface area contributed by atoms with Crippen LogP contribution in [-0.2, 0) is 9.47 Å². The third kappa shape index (κ3) is 3.30. The molecular formula is C15H17NO3. The SMILES string of the molecule is COC(CNC(=O)c1ccc2ccccc2c1)OC. The second-order valence-electron chi connectivity index (χ2n) is 4.17. The molecule has 0 bridgehead atoms. The Morgan fingerprint density at radius 1 is 1.11 bits per heavy atom. The fourth-order valence-corrected chi connectivity index (χ4v) is 1.87. The first-order valence-electron chi connectivity index (χ1n) is 6.07. The lowest BCUT2D eigenvalue weighted by atomic mass is 10.1. The molecule has 19 heavy (non-hydrogen) atoms. The van der Waals surface area contributed by atoms with Crippen molar-refractivity contribution in [3.63, 3.8) is 0 Å². The molecule has 2 aromatic rings. The molecule has 2 aromatic carbocycles. The highest BCUT2D eigenvalue weighted by Gasteiger charge is 2.10. The number of nitrogens with one attached hydrogen (secondary N) is 1. The highest BCUT2D eigenvalue weighted by atomic mass is 16.7. The van der Waals surface area contributed by atoms with Crippen molar-refractivity contribution in [3.8, 4) is 0 Å². The van der Waals surface area contributed by atoms with Crippen molar-refractivity contribution < 1.29 is 14.3 Å². The first-order chi connectivity index (χ1) is 9.24. The topological polar surface area (TPSA) is 47.6 Å². The number of hydrogen-bond donors (Lipinski definition) is 1. The lowest BCUT2D eigenvalue weighted by Crippen LogP contribution is -2.34. The number of amides is 1. The number of fused-ring (bicyclic) bond motifs is 1. The van der Waals surface area contributed by atoms with Gasteiger partial charge in [0.05, 0.1) is 6.54 Å². The van der Waals surface area contributed by atoms with E-state index in [2.05, 4.69) is 5.32 Å². The van der Waals surface area contributed by atoms with Crippen LogP contribution in [0.5, 0.6) is 0 Å². The van der Waals surface area contributed by atoms with E-state index < -0.39 is 6.29 Å². The predicted molar refractivity (Wildman–Crippen MR) is 74.1 cm³/mol. The van der Waals surface area contributed by atoms with Gasteiger partial charge < -0.3 is 14.8 Å². The van der Waals surface area contributed by atoms with E-state index in [0.29, 0.717) is 12.1 Å². The second kappa shape index (κ2) is 6.31. The van der Waals surface area contributed by atoms with Gasteiger partial charge in [0.2, 0.25) is 0 Å². The van der Waals surface area contributed by atoms with Crippen molar-refractivity contribution in [2.45, 2.75) is 6.29 Å². The second-order valence-corrected chi connectivity index (χ2v) is 4.17. The Hall–Kier alpha value is -1.91. The highest BCUT2D eigenvalue weighted by molar-refractivity contribution is 5.98. The lowest BCUT2D eigenvalue weighted by Gasteiger charge is -2.14. The van der Waals surface area contributed by atoms with E-state index in [1.54, 1.807) is 0 Å². The zero-order chi connectivity index (χ0) is 13.7. The van der Waals surface area contributed by atoms with Crippen molar-refractivity contribution in [2.24, 2.45) is 0 Å². The maximum absolute atomic E-state index is 12.0. The van der Waals surface area contributed by atoms with Gasteiger partial charge in [0.1, 0.15) is 0 Å². The Morgan fingerprint density at radius 3 is 2.47 bits per heavy atom.